The summed E-state index contributed by atoms with van der Waals surface area (Å²) in [5.41, 5.74) is 4.08. The molecule has 0 unspecified atom stereocenters. The maximum Gasteiger partial charge on any atom is 0.269 e. The van der Waals surface area contributed by atoms with Crippen molar-refractivity contribution in [1.29, 1.82) is 0 Å². The fraction of sp³-hybridized carbons (Fsp3) is 0.474. The smallest absolute Gasteiger partial charge is 0.269 e. The number of aryl methyl sites for hydroxylation is 3. The second-order valence-corrected chi connectivity index (χ2v) is 6.72. The lowest BCUT2D eigenvalue weighted by atomic mass is 10.2. The number of benzene rings is 1. The van der Waals surface area contributed by atoms with E-state index in [0.29, 0.717) is 12.2 Å². The van der Waals surface area contributed by atoms with Gasteiger partial charge in [-0.25, -0.2) is 0 Å². The molecule has 0 saturated carbocycles. The van der Waals surface area contributed by atoms with Crippen LogP contribution >= 0.6 is 0 Å². The zero-order valence-electron chi connectivity index (χ0n) is 15.3. The summed E-state index contributed by atoms with van der Waals surface area (Å²) in [6, 6.07) is 10.5. The van der Waals surface area contributed by atoms with E-state index in [1.807, 2.05) is 13.0 Å². The van der Waals surface area contributed by atoms with E-state index in [2.05, 4.69) is 51.4 Å². The van der Waals surface area contributed by atoms with Crippen LogP contribution in [-0.2, 0) is 7.05 Å². The van der Waals surface area contributed by atoms with Crippen LogP contribution < -0.4 is 10.2 Å². The molecule has 1 saturated heterocycles. The highest BCUT2D eigenvalue weighted by Gasteiger charge is 2.17. The summed E-state index contributed by atoms with van der Waals surface area (Å²) in [4.78, 5) is 17.0. The Bertz CT molecular complexity index is 731. The van der Waals surface area contributed by atoms with E-state index in [0.717, 1.165) is 38.4 Å². The van der Waals surface area contributed by atoms with Crippen molar-refractivity contribution in [2.75, 3.05) is 44.2 Å². The monoisotopic (exact) mass is 341 g/mol. The van der Waals surface area contributed by atoms with Gasteiger partial charge in [-0.1, -0.05) is 12.1 Å². The summed E-state index contributed by atoms with van der Waals surface area (Å²) in [6.07, 6.45) is 0. The van der Waals surface area contributed by atoms with Crippen molar-refractivity contribution in [2.24, 2.45) is 7.05 Å². The number of carbonyl (C=O) groups excluding carboxylic acids is 1. The van der Waals surface area contributed by atoms with Crippen molar-refractivity contribution in [3.8, 4) is 0 Å². The molecular weight excluding hydrogens is 314 g/mol. The minimum absolute atomic E-state index is 0.0542. The lowest BCUT2D eigenvalue weighted by Gasteiger charge is -2.36. The quantitative estimate of drug-likeness (QED) is 0.897. The summed E-state index contributed by atoms with van der Waals surface area (Å²) >= 11 is 0. The average molecular weight is 341 g/mol. The van der Waals surface area contributed by atoms with E-state index in [1.54, 1.807) is 11.7 Å². The molecule has 1 aromatic carbocycles. The summed E-state index contributed by atoms with van der Waals surface area (Å²) in [7, 11) is 1.80. The van der Waals surface area contributed by atoms with Gasteiger partial charge >= 0.3 is 0 Å². The summed E-state index contributed by atoms with van der Waals surface area (Å²) in [6.45, 7) is 9.66. The molecule has 1 aromatic heterocycles. The Kier molecular flexibility index (Phi) is 5.38. The molecule has 1 N–H and O–H groups in total. The highest BCUT2D eigenvalue weighted by atomic mass is 16.2. The zero-order chi connectivity index (χ0) is 17.8. The minimum Gasteiger partial charge on any atom is -0.369 e. The first-order valence-corrected chi connectivity index (χ1v) is 8.86. The molecule has 0 radical (unpaired) electrons. The van der Waals surface area contributed by atoms with Gasteiger partial charge in [-0.3, -0.25) is 14.4 Å². The molecule has 0 bridgehead atoms. The average Bonchev–Trinajstić information content (AvgIpc) is 2.94. The first kappa shape index (κ1) is 17.5. The highest BCUT2D eigenvalue weighted by Crippen LogP contribution is 2.17. The fourth-order valence-electron chi connectivity index (χ4n) is 3.30. The summed E-state index contributed by atoms with van der Waals surface area (Å²) in [5.74, 6) is -0.0542. The Morgan fingerprint density at radius 1 is 1.16 bits per heavy atom. The predicted molar refractivity (Wildman–Crippen MR) is 100 cm³/mol. The molecular formula is C19H27N5O. The van der Waals surface area contributed by atoms with Crippen LogP contribution in [0.15, 0.2) is 30.3 Å². The number of nitrogens with zero attached hydrogens (tertiary/aromatic N) is 4. The molecule has 1 aliphatic heterocycles. The molecule has 2 heterocycles. The van der Waals surface area contributed by atoms with Crippen LogP contribution in [-0.4, -0.2) is 59.9 Å². The van der Waals surface area contributed by atoms with Crippen molar-refractivity contribution in [2.45, 2.75) is 13.8 Å². The minimum atomic E-state index is -0.0542. The number of nitrogens with one attached hydrogen (secondary N) is 1. The van der Waals surface area contributed by atoms with Gasteiger partial charge in [0.15, 0.2) is 0 Å². The molecule has 25 heavy (non-hydrogen) atoms. The van der Waals surface area contributed by atoms with E-state index in [-0.39, 0.29) is 5.91 Å². The summed E-state index contributed by atoms with van der Waals surface area (Å²) in [5, 5.41) is 7.21. The molecule has 0 atom stereocenters. The molecule has 0 spiro atoms. The Morgan fingerprint density at radius 2 is 1.92 bits per heavy atom. The molecule has 1 fully saturated rings. The van der Waals surface area contributed by atoms with Crippen molar-refractivity contribution in [3.63, 3.8) is 0 Å². The SMILES string of the molecule is Cc1cccc(N2CCN(CCNC(=O)c3cc(C)nn3C)CC2)c1. The van der Waals surface area contributed by atoms with Crippen LogP contribution in [0, 0.1) is 13.8 Å². The van der Waals surface area contributed by atoms with Crippen molar-refractivity contribution < 1.29 is 4.79 Å². The number of amides is 1. The van der Waals surface area contributed by atoms with E-state index >= 15 is 0 Å². The third-order valence-corrected chi connectivity index (χ3v) is 4.69. The molecule has 134 valence electrons. The van der Waals surface area contributed by atoms with E-state index in [1.165, 1.54) is 11.3 Å². The Hall–Kier alpha value is -2.34. The van der Waals surface area contributed by atoms with Gasteiger partial charge in [-0.05, 0) is 37.6 Å². The van der Waals surface area contributed by atoms with Gasteiger partial charge in [0.05, 0.1) is 5.69 Å². The normalized spacial score (nSPS) is 15.4. The van der Waals surface area contributed by atoms with Gasteiger partial charge in [0.25, 0.3) is 5.91 Å². The van der Waals surface area contributed by atoms with Crippen molar-refractivity contribution >= 4 is 11.6 Å². The first-order valence-electron chi connectivity index (χ1n) is 8.86. The van der Waals surface area contributed by atoms with Crippen molar-refractivity contribution in [1.82, 2.24) is 20.0 Å². The Labute approximate surface area is 149 Å². The largest absolute Gasteiger partial charge is 0.369 e. The second kappa shape index (κ2) is 7.70. The fourth-order valence-corrected chi connectivity index (χ4v) is 3.30. The molecule has 2 aromatic rings. The molecule has 0 aliphatic carbocycles. The van der Waals surface area contributed by atoms with E-state index < -0.39 is 0 Å². The molecule has 1 amide bonds. The topological polar surface area (TPSA) is 53.4 Å². The zero-order valence-corrected chi connectivity index (χ0v) is 15.3. The maximum atomic E-state index is 12.2. The van der Waals surface area contributed by atoms with Gasteiger partial charge < -0.3 is 10.2 Å². The van der Waals surface area contributed by atoms with Crippen molar-refractivity contribution in [3.05, 3.63) is 47.3 Å². The molecule has 6 nitrogen and oxygen atoms in total. The number of hydrogen-bond acceptors (Lipinski definition) is 4. The third-order valence-electron chi connectivity index (χ3n) is 4.69. The van der Waals surface area contributed by atoms with E-state index in [9.17, 15) is 4.79 Å². The predicted octanol–water partition coefficient (Wildman–Crippen LogP) is 1.59. The summed E-state index contributed by atoms with van der Waals surface area (Å²) < 4.78 is 1.63. The number of aromatic nitrogens is 2. The third kappa shape index (κ3) is 4.39. The standard InChI is InChI=1S/C19H27N5O/c1-15-5-4-6-17(13-15)24-11-9-23(10-12-24)8-7-20-19(25)18-14-16(2)21-22(18)3/h4-6,13-14H,7-12H2,1-3H3,(H,20,25). The van der Waals surface area contributed by atoms with Crippen LogP contribution in [0.5, 0.6) is 0 Å². The van der Waals surface area contributed by atoms with E-state index in [4.69, 9.17) is 0 Å². The molecule has 1 aliphatic rings. The molecule has 6 heteroatoms. The van der Waals surface area contributed by atoms with Crippen LogP contribution in [0.2, 0.25) is 0 Å². The lowest BCUT2D eigenvalue weighted by molar-refractivity contribution is 0.0938. The van der Waals surface area contributed by atoms with Gasteiger partial charge in [-0.2, -0.15) is 5.10 Å². The van der Waals surface area contributed by atoms with Gasteiger partial charge in [0, 0.05) is 52.0 Å². The second-order valence-electron chi connectivity index (χ2n) is 6.72. The van der Waals surface area contributed by atoms with Gasteiger partial charge in [-0.15, -0.1) is 0 Å². The van der Waals surface area contributed by atoms with Crippen LogP contribution in [0.3, 0.4) is 0 Å². The lowest BCUT2D eigenvalue weighted by Crippen LogP contribution is -2.48. The first-order chi connectivity index (χ1) is 12.0. The van der Waals surface area contributed by atoms with Gasteiger partial charge in [0.1, 0.15) is 5.69 Å². The number of hydrogen-bond donors (Lipinski definition) is 1. The van der Waals surface area contributed by atoms with Crippen LogP contribution in [0.25, 0.3) is 0 Å². The Morgan fingerprint density at radius 3 is 2.56 bits per heavy atom. The number of rotatable bonds is 5. The van der Waals surface area contributed by atoms with Crippen LogP contribution in [0.1, 0.15) is 21.7 Å². The number of piperazine rings is 1. The number of carbonyl (C=O) groups is 1. The maximum absolute atomic E-state index is 12.2. The number of anilines is 1. The Balaban J connectivity index is 1.42. The highest BCUT2D eigenvalue weighted by molar-refractivity contribution is 5.92. The van der Waals surface area contributed by atoms with Gasteiger partial charge in [0.2, 0.25) is 0 Å². The van der Waals surface area contributed by atoms with Crippen LogP contribution in [0.4, 0.5) is 5.69 Å². The molecule has 3 rings (SSSR count).